The summed E-state index contributed by atoms with van der Waals surface area (Å²) in [6, 6.07) is 9.22. The first kappa shape index (κ1) is 12.3. The van der Waals surface area contributed by atoms with Gasteiger partial charge in [-0.15, -0.1) is 0 Å². The number of nitrogens with two attached hydrogens (primary N) is 2. The van der Waals surface area contributed by atoms with Gasteiger partial charge in [0, 0.05) is 12.2 Å². The van der Waals surface area contributed by atoms with Gasteiger partial charge in [-0.1, -0.05) is 30.3 Å². The van der Waals surface area contributed by atoms with E-state index in [1.807, 2.05) is 49.3 Å². The molecule has 86 valence electrons. The van der Waals surface area contributed by atoms with Gasteiger partial charge in [0.1, 0.15) is 0 Å². The van der Waals surface area contributed by atoms with E-state index >= 15 is 0 Å². The van der Waals surface area contributed by atoms with Crippen LogP contribution in [0.25, 0.3) is 5.57 Å². The van der Waals surface area contributed by atoms with E-state index in [0.29, 0.717) is 17.8 Å². The number of hydrogen-bond donors (Lipinski definition) is 2. The second kappa shape index (κ2) is 5.32. The number of hydrogen-bond acceptors (Lipinski definition) is 3. The van der Waals surface area contributed by atoms with Gasteiger partial charge in [0.25, 0.3) is 5.91 Å². The van der Waals surface area contributed by atoms with Gasteiger partial charge in [-0.25, -0.2) is 0 Å². The van der Waals surface area contributed by atoms with Crippen LogP contribution >= 0.6 is 0 Å². The maximum Gasteiger partial charge on any atom is 0.251 e. The van der Waals surface area contributed by atoms with E-state index in [0.717, 1.165) is 5.56 Å². The molecule has 0 saturated carbocycles. The Balaban J connectivity index is 3.14. The SMILES string of the molecule is CN(C)CC(N)=C(C(N)=O)c1ccccc1. The lowest BCUT2D eigenvalue weighted by atomic mass is 10.0. The molecule has 0 radical (unpaired) electrons. The zero-order valence-electron chi connectivity index (χ0n) is 9.60. The van der Waals surface area contributed by atoms with Crippen molar-refractivity contribution in [3.05, 3.63) is 41.6 Å². The molecule has 0 aromatic heterocycles. The molecule has 0 spiro atoms. The Bertz CT molecular complexity index is 396. The van der Waals surface area contributed by atoms with Crippen LogP contribution in [0, 0.1) is 0 Å². The second-order valence-electron chi connectivity index (χ2n) is 3.87. The number of likely N-dealkylation sites (N-methyl/N-ethyl adjacent to an activating group) is 1. The van der Waals surface area contributed by atoms with Crippen molar-refractivity contribution in [1.82, 2.24) is 4.90 Å². The Morgan fingerprint density at radius 2 is 1.75 bits per heavy atom. The molecule has 4 heteroatoms. The van der Waals surface area contributed by atoms with E-state index in [9.17, 15) is 4.79 Å². The molecule has 1 aromatic rings. The van der Waals surface area contributed by atoms with Crippen molar-refractivity contribution in [2.75, 3.05) is 20.6 Å². The Labute approximate surface area is 95.5 Å². The third kappa shape index (κ3) is 3.10. The number of carbonyl (C=O) groups is 1. The molecule has 0 saturated heterocycles. The smallest absolute Gasteiger partial charge is 0.251 e. The van der Waals surface area contributed by atoms with E-state index < -0.39 is 5.91 Å². The number of benzene rings is 1. The summed E-state index contributed by atoms with van der Waals surface area (Å²) in [6.07, 6.45) is 0. The number of nitrogens with zero attached hydrogens (tertiary/aromatic N) is 1. The molecule has 1 rings (SSSR count). The number of rotatable bonds is 4. The molecule has 16 heavy (non-hydrogen) atoms. The molecular weight excluding hydrogens is 202 g/mol. The molecular formula is C12H17N3O. The van der Waals surface area contributed by atoms with Gasteiger partial charge in [0.2, 0.25) is 0 Å². The maximum absolute atomic E-state index is 11.4. The third-order valence-electron chi connectivity index (χ3n) is 2.12. The van der Waals surface area contributed by atoms with Crippen LogP contribution in [0.3, 0.4) is 0 Å². The standard InChI is InChI=1S/C12H17N3O/c1-15(2)8-10(13)11(12(14)16)9-6-4-3-5-7-9/h3-7H,8,13H2,1-2H3,(H2,14,16). The topological polar surface area (TPSA) is 72.3 Å². The van der Waals surface area contributed by atoms with Crippen LogP contribution in [0.4, 0.5) is 0 Å². The summed E-state index contributed by atoms with van der Waals surface area (Å²) < 4.78 is 0. The van der Waals surface area contributed by atoms with Gasteiger partial charge in [0.05, 0.1) is 5.57 Å². The van der Waals surface area contributed by atoms with Gasteiger partial charge in [-0.2, -0.15) is 0 Å². The summed E-state index contributed by atoms with van der Waals surface area (Å²) in [5.41, 5.74) is 12.9. The molecule has 1 amide bonds. The predicted octanol–water partition coefficient (Wildman–Crippen LogP) is 0.403. The van der Waals surface area contributed by atoms with E-state index in [1.165, 1.54) is 0 Å². The first-order valence-corrected chi connectivity index (χ1v) is 5.01. The summed E-state index contributed by atoms with van der Waals surface area (Å²) in [6.45, 7) is 0.507. The highest BCUT2D eigenvalue weighted by Gasteiger charge is 2.12. The van der Waals surface area contributed by atoms with Crippen molar-refractivity contribution in [1.29, 1.82) is 0 Å². The Morgan fingerprint density at radius 1 is 1.19 bits per heavy atom. The lowest BCUT2D eigenvalue weighted by Crippen LogP contribution is -2.25. The van der Waals surface area contributed by atoms with Gasteiger partial charge in [0.15, 0.2) is 0 Å². The highest BCUT2D eigenvalue weighted by molar-refractivity contribution is 6.19. The Morgan fingerprint density at radius 3 is 2.19 bits per heavy atom. The molecule has 0 aliphatic carbocycles. The highest BCUT2D eigenvalue weighted by atomic mass is 16.1. The van der Waals surface area contributed by atoms with Crippen molar-refractivity contribution in [2.45, 2.75) is 0 Å². The average Bonchev–Trinajstić information content (AvgIpc) is 2.17. The minimum Gasteiger partial charge on any atom is -0.400 e. The molecule has 0 aliphatic rings. The summed E-state index contributed by atoms with van der Waals surface area (Å²) >= 11 is 0. The molecule has 0 aliphatic heterocycles. The van der Waals surface area contributed by atoms with Gasteiger partial charge in [-0.3, -0.25) is 4.79 Å². The Kier molecular flexibility index (Phi) is 4.08. The minimum atomic E-state index is -0.495. The summed E-state index contributed by atoms with van der Waals surface area (Å²) in [5, 5.41) is 0. The normalized spacial score (nSPS) is 12.4. The monoisotopic (exact) mass is 219 g/mol. The summed E-state index contributed by atoms with van der Waals surface area (Å²) in [5.74, 6) is -0.495. The first-order chi connectivity index (χ1) is 7.52. The summed E-state index contributed by atoms with van der Waals surface area (Å²) in [7, 11) is 3.77. The van der Waals surface area contributed by atoms with Crippen molar-refractivity contribution in [3.8, 4) is 0 Å². The highest BCUT2D eigenvalue weighted by Crippen LogP contribution is 2.15. The largest absolute Gasteiger partial charge is 0.400 e. The maximum atomic E-state index is 11.4. The molecule has 4 nitrogen and oxygen atoms in total. The van der Waals surface area contributed by atoms with Crippen LogP contribution in [0.5, 0.6) is 0 Å². The van der Waals surface area contributed by atoms with Crippen molar-refractivity contribution >= 4 is 11.5 Å². The molecule has 0 bridgehead atoms. The van der Waals surface area contributed by atoms with E-state index in [-0.39, 0.29) is 0 Å². The van der Waals surface area contributed by atoms with Crippen LogP contribution in [0.15, 0.2) is 36.0 Å². The predicted molar refractivity (Wildman–Crippen MR) is 65.3 cm³/mol. The van der Waals surface area contributed by atoms with Crippen molar-refractivity contribution < 1.29 is 4.79 Å². The van der Waals surface area contributed by atoms with Gasteiger partial charge < -0.3 is 16.4 Å². The zero-order chi connectivity index (χ0) is 12.1. The third-order valence-corrected chi connectivity index (χ3v) is 2.12. The van der Waals surface area contributed by atoms with Gasteiger partial charge >= 0.3 is 0 Å². The van der Waals surface area contributed by atoms with Crippen molar-refractivity contribution in [3.63, 3.8) is 0 Å². The van der Waals surface area contributed by atoms with Crippen LogP contribution in [-0.2, 0) is 4.79 Å². The second-order valence-corrected chi connectivity index (χ2v) is 3.87. The van der Waals surface area contributed by atoms with Crippen LogP contribution < -0.4 is 11.5 Å². The lowest BCUT2D eigenvalue weighted by molar-refractivity contribution is -0.112. The van der Waals surface area contributed by atoms with Crippen molar-refractivity contribution in [2.24, 2.45) is 11.5 Å². The van der Waals surface area contributed by atoms with Crippen LogP contribution in [0.1, 0.15) is 5.56 Å². The quantitative estimate of drug-likeness (QED) is 0.720. The molecule has 0 unspecified atom stereocenters. The number of primary amides is 1. The number of amides is 1. The molecule has 0 atom stereocenters. The van der Waals surface area contributed by atoms with E-state index in [1.54, 1.807) is 0 Å². The molecule has 1 aromatic carbocycles. The fraction of sp³-hybridized carbons (Fsp3) is 0.250. The zero-order valence-corrected chi connectivity index (χ0v) is 9.60. The van der Waals surface area contributed by atoms with Crippen LogP contribution in [-0.4, -0.2) is 31.4 Å². The average molecular weight is 219 g/mol. The number of carbonyl (C=O) groups excluding carboxylic acids is 1. The first-order valence-electron chi connectivity index (χ1n) is 5.01. The Hall–Kier alpha value is -1.81. The van der Waals surface area contributed by atoms with E-state index in [2.05, 4.69) is 0 Å². The minimum absolute atomic E-state index is 0.398. The van der Waals surface area contributed by atoms with E-state index in [4.69, 9.17) is 11.5 Å². The summed E-state index contributed by atoms with van der Waals surface area (Å²) in [4.78, 5) is 13.3. The fourth-order valence-electron chi connectivity index (χ4n) is 1.51. The lowest BCUT2D eigenvalue weighted by Gasteiger charge is -2.13. The van der Waals surface area contributed by atoms with Crippen LogP contribution in [0.2, 0.25) is 0 Å². The fourth-order valence-corrected chi connectivity index (χ4v) is 1.51. The molecule has 4 N–H and O–H groups in total. The molecule has 0 heterocycles. The van der Waals surface area contributed by atoms with Gasteiger partial charge in [-0.05, 0) is 19.7 Å². The molecule has 0 fully saturated rings.